The SMILES string of the molecule is Cc1ccc(NC(C)CCc2ccccc2)c(C)n1. The summed E-state index contributed by atoms with van der Waals surface area (Å²) in [5.74, 6) is 0. The minimum absolute atomic E-state index is 0.448. The number of rotatable bonds is 5. The van der Waals surface area contributed by atoms with Crippen LogP contribution in [0.5, 0.6) is 0 Å². The number of anilines is 1. The molecule has 0 radical (unpaired) electrons. The van der Waals surface area contributed by atoms with Crippen LogP contribution >= 0.6 is 0 Å². The van der Waals surface area contributed by atoms with Gasteiger partial charge in [-0.05, 0) is 51.3 Å². The van der Waals surface area contributed by atoms with Gasteiger partial charge in [0.15, 0.2) is 0 Å². The maximum absolute atomic E-state index is 4.48. The summed E-state index contributed by atoms with van der Waals surface area (Å²) in [7, 11) is 0. The molecule has 0 aliphatic rings. The van der Waals surface area contributed by atoms with E-state index >= 15 is 0 Å². The van der Waals surface area contributed by atoms with Crippen molar-refractivity contribution in [3.05, 3.63) is 59.4 Å². The maximum atomic E-state index is 4.48. The monoisotopic (exact) mass is 254 g/mol. The lowest BCUT2D eigenvalue weighted by molar-refractivity contribution is 0.704. The molecule has 2 rings (SSSR count). The zero-order chi connectivity index (χ0) is 13.7. The average Bonchev–Trinajstić information content (AvgIpc) is 2.41. The first-order valence-electron chi connectivity index (χ1n) is 6.90. The van der Waals surface area contributed by atoms with Crippen LogP contribution in [0.2, 0.25) is 0 Å². The lowest BCUT2D eigenvalue weighted by atomic mass is 10.1. The third kappa shape index (κ3) is 4.09. The maximum Gasteiger partial charge on any atom is 0.0606 e. The third-order valence-electron chi connectivity index (χ3n) is 3.34. The second-order valence-electron chi connectivity index (χ2n) is 5.16. The van der Waals surface area contributed by atoms with E-state index < -0.39 is 0 Å². The normalized spacial score (nSPS) is 12.2. The van der Waals surface area contributed by atoms with Crippen LogP contribution in [-0.2, 0) is 6.42 Å². The summed E-state index contributed by atoms with van der Waals surface area (Å²) in [5, 5.41) is 3.55. The Morgan fingerprint density at radius 3 is 2.47 bits per heavy atom. The van der Waals surface area contributed by atoms with Gasteiger partial charge in [0.2, 0.25) is 0 Å². The first kappa shape index (κ1) is 13.6. The number of aromatic nitrogens is 1. The number of nitrogens with zero attached hydrogens (tertiary/aromatic N) is 1. The van der Waals surface area contributed by atoms with E-state index in [0.717, 1.165) is 29.9 Å². The van der Waals surface area contributed by atoms with Crippen molar-refractivity contribution in [2.75, 3.05) is 5.32 Å². The Morgan fingerprint density at radius 1 is 1.05 bits per heavy atom. The fourth-order valence-electron chi connectivity index (χ4n) is 2.20. The first-order chi connectivity index (χ1) is 9.15. The summed E-state index contributed by atoms with van der Waals surface area (Å²) in [4.78, 5) is 4.48. The van der Waals surface area contributed by atoms with Gasteiger partial charge in [-0.2, -0.15) is 0 Å². The van der Waals surface area contributed by atoms with Gasteiger partial charge in [-0.15, -0.1) is 0 Å². The molecule has 0 saturated heterocycles. The summed E-state index contributed by atoms with van der Waals surface area (Å²) >= 11 is 0. The Morgan fingerprint density at radius 2 is 1.79 bits per heavy atom. The van der Waals surface area contributed by atoms with Crippen molar-refractivity contribution in [2.24, 2.45) is 0 Å². The topological polar surface area (TPSA) is 24.9 Å². The van der Waals surface area contributed by atoms with E-state index in [2.05, 4.69) is 66.6 Å². The highest BCUT2D eigenvalue weighted by molar-refractivity contribution is 5.48. The van der Waals surface area contributed by atoms with Crippen LogP contribution in [0.15, 0.2) is 42.5 Å². The zero-order valence-corrected chi connectivity index (χ0v) is 12.0. The van der Waals surface area contributed by atoms with Crippen molar-refractivity contribution >= 4 is 5.69 Å². The van der Waals surface area contributed by atoms with Crippen molar-refractivity contribution in [1.29, 1.82) is 0 Å². The number of hydrogen-bond donors (Lipinski definition) is 1. The fraction of sp³-hybridized carbons (Fsp3) is 0.353. The molecule has 0 fully saturated rings. The molecular formula is C17H22N2. The van der Waals surface area contributed by atoms with E-state index in [1.54, 1.807) is 0 Å². The molecular weight excluding hydrogens is 232 g/mol. The van der Waals surface area contributed by atoms with Crippen molar-refractivity contribution < 1.29 is 0 Å². The van der Waals surface area contributed by atoms with Crippen LogP contribution in [-0.4, -0.2) is 11.0 Å². The third-order valence-corrected chi connectivity index (χ3v) is 3.34. The summed E-state index contributed by atoms with van der Waals surface area (Å²) in [6, 6.07) is 15.3. The van der Waals surface area contributed by atoms with Gasteiger partial charge in [0.1, 0.15) is 0 Å². The molecule has 1 N–H and O–H groups in total. The van der Waals surface area contributed by atoms with Crippen LogP contribution in [0.3, 0.4) is 0 Å². The average molecular weight is 254 g/mol. The molecule has 0 spiro atoms. The molecule has 2 nitrogen and oxygen atoms in total. The van der Waals surface area contributed by atoms with E-state index in [4.69, 9.17) is 0 Å². The molecule has 1 atom stereocenters. The molecule has 0 aliphatic carbocycles. The number of pyridine rings is 1. The van der Waals surface area contributed by atoms with Gasteiger partial charge >= 0.3 is 0 Å². The van der Waals surface area contributed by atoms with Gasteiger partial charge in [0.25, 0.3) is 0 Å². The number of hydrogen-bond acceptors (Lipinski definition) is 2. The van der Waals surface area contributed by atoms with E-state index in [1.807, 2.05) is 6.92 Å². The first-order valence-corrected chi connectivity index (χ1v) is 6.90. The molecule has 1 aromatic carbocycles. The van der Waals surface area contributed by atoms with Crippen LogP contribution in [0.25, 0.3) is 0 Å². The second kappa shape index (κ2) is 6.37. The summed E-state index contributed by atoms with van der Waals surface area (Å²) in [5.41, 5.74) is 4.69. The Labute approximate surface area is 115 Å². The lowest BCUT2D eigenvalue weighted by Gasteiger charge is -2.17. The number of benzene rings is 1. The summed E-state index contributed by atoms with van der Waals surface area (Å²) in [6.45, 7) is 6.30. The molecule has 1 aromatic heterocycles. The molecule has 0 amide bonds. The lowest BCUT2D eigenvalue weighted by Crippen LogP contribution is -2.17. The van der Waals surface area contributed by atoms with Gasteiger partial charge in [-0.1, -0.05) is 30.3 Å². The van der Waals surface area contributed by atoms with Gasteiger partial charge in [-0.25, -0.2) is 0 Å². The van der Waals surface area contributed by atoms with Crippen LogP contribution in [0, 0.1) is 13.8 Å². The highest BCUT2D eigenvalue weighted by atomic mass is 14.9. The largest absolute Gasteiger partial charge is 0.381 e. The summed E-state index contributed by atoms with van der Waals surface area (Å²) < 4.78 is 0. The molecule has 19 heavy (non-hydrogen) atoms. The van der Waals surface area contributed by atoms with Gasteiger partial charge in [0.05, 0.1) is 11.4 Å². The van der Waals surface area contributed by atoms with Gasteiger partial charge < -0.3 is 5.32 Å². The summed E-state index contributed by atoms with van der Waals surface area (Å²) in [6.07, 6.45) is 2.23. The molecule has 0 bridgehead atoms. The Hall–Kier alpha value is -1.83. The smallest absolute Gasteiger partial charge is 0.0606 e. The van der Waals surface area contributed by atoms with E-state index in [-0.39, 0.29) is 0 Å². The predicted octanol–water partition coefficient (Wildman–Crippen LogP) is 4.13. The quantitative estimate of drug-likeness (QED) is 0.867. The van der Waals surface area contributed by atoms with Gasteiger partial charge in [0, 0.05) is 11.7 Å². The van der Waals surface area contributed by atoms with Crippen LogP contribution in [0.1, 0.15) is 30.3 Å². The molecule has 1 heterocycles. The van der Waals surface area contributed by atoms with Crippen molar-refractivity contribution in [2.45, 2.75) is 39.7 Å². The van der Waals surface area contributed by atoms with Crippen molar-refractivity contribution in [3.8, 4) is 0 Å². The molecule has 0 saturated carbocycles. The molecule has 0 aliphatic heterocycles. The van der Waals surface area contributed by atoms with Crippen LogP contribution < -0.4 is 5.32 Å². The minimum atomic E-state index is 0.448. The predicted molar refractivity (Wildman–Crippen MR) is 81.6 cm³/mol. The van der Waals surface area contributed by atoms with Crippen molar-refractivity contribution in [3.63, 3.8) is 0 Å². The number of aryl methyl sites for hydroxylation is 3. The Bertz CT molecular complexity index is 520. The Kier molecular flexibility index (Phi) is 4.56. The molecule has 1 unspecified atom stereocenters. The zero-order valence-electron chi connectivity index (χ0n) is 12.0. The highest BCUT2D eigenvalue weighted by Gasteiger charge is 2.05. The van der Waals surface area contributed by atoms with Crippen molar-refractivity contribution in [1.82, 2.24) is 4.98 Å². The molecule has 2 aromatic rings. The highest BCUT2D eigenvalue weighted by Crippen LogP contribution is 2.15. The minimum Gasteiger partial charge on any atom is -0.381 e. The Balaban J connectivity index is 1.89. The van der Waals surface area contributed by atoms with E-state index in [9.17, 15) is 0 Å². The van der Waals surface area contributed by atoms with E-state index in [1.165, 1.54) is 5.56 Å². The van der Waals surface area contributed by atoms with Crippen LogP contribution in [0.4, 0.5) is 5.69 Å². The van der Waals surface area contributed by atoms with E-state index in [0.29, 0.717) is 6.04 Å². The molecule has 2 heteroatoms. The number of nitrogens with one attached hydrogen (secondary N) is 1. The van der Waals surface area contributed by atoms with Gasteiger partial charge in [-0.3, -0.25) is 4.98 Å². The standard InChI is InChI=1S/C17H22N2/c1-13-10-12-17(15(3)18-13)19-14(2)9-11-16-7-5-4-6-8-16/h4-8,10,12,14,19H,9,11H2,1-3H3. The second-order valence-corrected chi connectivity index (χ2v) is 5.16. The fourth-order valence-corrected chi connectivity index (χ4v) is 2.20. The molecule has 100 valence electrons.